The van der Waals surface area contributed by atoms with E-state index in [2.05, 4.69) is 15.9 Å². The molecule has 0 bridgehead atoms. The molecular formula is C11H10BrNO3S. The van der Waals surface area contributed by atoms with Gasteiger partial charge in [-0.05, 0) is 35.8 Å². The Morgan fingerprint density at radius 2 is 2.18 bits per heavy atom. The van der Waals surface area contributed by atoms with Crippen molar-refractivity contribution in [2.45, 2.75) is 19.9 Å². The number of carboxylic acid groups (broad SMARTS) is 1. The van der Waals surface area contributed by atoms with Crippen LogP contribution in [0.4, 0.5) is 0 Å². The number of hydrogen-bond acceptors (Lipinski definition) is 3. The van der Waals surface area contributed by atoms with Crippen molar-refractivity contribution in [3.8, 4) is 0 Å². The number of fused-ring (bicyclic) bond motifs is 1. The first-order valence-electron chi connectivity index (χ1n) is 4.99. The molecule has 2 heterocycles. The Kier molecular flexibility index (Phi) is 3.09. The number of aromatic nitrogens is 1. The van der Waals surface area contributed by atoms with Crippen molar-refractivity contribution in [3.05, 3.63) is 31.8 Å². The van der Waals surface area contributed by atoms with E-state index in [0.717, 1.165) is 8.62 Å². The highest BCUT2D eigenvalue weighted by Crippen LogP contribution is 2.29. The van der Waals surface area contributed by atoms with Crippen LogP contribution in [0.15, 0.2) is 20.8 Å². The van der Waals surface area contributed by atoms with Gasteiger partial charge in [-0.2, -0.15) is 0 Å². The predicted molar refractivity (Wildman–Crippen MR) is 71.1 cm³/mol. The van der Waals surface area contributed by atoms with E-state index in [1.54, 1.807) is 6.07 Å². The van der Waals surface area contributed by atoms with Crippen LogP contribution in [0.3, 0.4) is 0 Å². The number of hydrogen-bond donors (Lipinski definition) is 1. The molecule has 0 saturated carbocycles. The number of carbonyl (C=O) groups is 1. The second-order valence-corrected chi connectivity index (χ2v) is 6.36. The SMILES string of the molecule is CC(C)n1cc(C(=O)O)c(=O)c2cc(Br)sc21. The maximum absolute atomic E-state index is 11.9. The molecule has 0 amide bonds. The first-order valence-corrected chi connectivity index (χ1v) is 6.60. The van der Waals surface area contributed by atoms with Crippen LogP contribution in [-0.2, 0) is 0 Å². The zero-order valence-corrected chi connectivity index (χ0v) is 11.6. The average molecular weight is 316 g/mol. The Morgan fingerprint density at radius 3 is 2.71 bits per heavy atom. The van der Waals surface area contributed by atoms with E-state index in [-0.39, 0.29) is 11.6 Å². The summed E-state index contributed by atoms with van der Waals surface area (Å²) >= 11 is 4.75. The molecule has 0 radical (unpaired) electrons. The highest BCUT2D eigenvalue weighted by molar-refractivity contribution is 9.11. The van der Waals surface area contributed by atoms with E-state index >= 15 is 0 Å². The summed E-state index contributed by atoms with van der Waals surface area (Å²) in [6, 6.07) is 1.77. The molecule has 0 aliphatic heterocycles. The van der Waals surface area contributed by atoms with E-state index in [9.17, 15) is 9.59 Å². The summed E-state index contributed by atoms with van der Waals surface area (Å²) in [5.41, 5.74) is -0.608. The Balaban J connectivity index is 2.94. The van der Waals surface area contributed by atoms with E-state index in [4.69, 9.17) is 5.11 Å². The van der Waals surface area contributed by atoms with E-state index in [0.29, 0.717) is 5.39 Å². The molecule has 1 N–H and O–H groups in total. The number of carboxylic acids is 1. The van der Waals surface area contributed by atoms with Gasteiger partial charge in [0, 0.05) is 12.2 Å². The fraction of sp³-hybridized carbons (Fsp3) is 0.273. The number of thiophene rings is 1. The Hall–Kier alpha value is -1.14. The van der Waals surface area contributed by atoms with E-state index < -0.39 is 11.4 Å². The minimum absolute atomic E-state index is 0.0988. The molecule has 2 rings (SSSR count). The van der Waals surface area contributed by atoms with Gasteiger partial charge in [-0.25, -0.2) is 4.79 Å². The van der Waals surface area contributed by atoms with Crippen LogP contribution >= 0.6 is 27.3 Å². The van der Waals surface area contributed by atoms with Crippen LogP contribution in [0.2, 0.25) is 0 Å². The van der Waals surface area contributed by atoms with Gasteiger partial charge in [-0.3, -0.25) is 4.79 Å². The maximum atomic E-state index is 11.9. The van der Waals surface area contributed by atoms with Gasteiger partial charge in [-0.15, -0.1) is 11.3 Å². The Morgan fingerprint density at radius 1 is 1.53 bits per heavy atom. The van der Waals surface area contributed by atoms with Crippen molar-refractivity contribution >= 4 is 43.5 Å². The van der Waals surface area contributed by atoms with Crippen molar-refractivity contribution in [2.24, 2.45) is 0 Å². The van der Waals surface area contributed by atoms with Gasteiger partial charge in [0.05, 0.1) is 9.17 Å². The zero-order valence-electron chi connectivity index (χ0n) is 9.23. The lowest BCUT2D eigenvalue weighted by molar-refractivity contribution is 0.0695. The van der Waals surface area contributed by atoms with Crippen molar-refractivity contribution in [1.82, 2.24) is 4.57 Å². The second kappa shape index (κ2) is 4.27. The average Bonchev–Trinajstić information content (AvgIpc) is 2.59. The van der Waals surface area contributed by atoms with Crippen LogP contribution in [0.1, 0.15) is 30.2 Å². The zero-order chi connectivity index (χ0) is 12.7. The molecule has 0 atom stereocenters. The number of aromatic carboxylic acids is 1. The predicted octanol–water partition coefficient (Wildman–Crippen LogP) is 3.10. The standard InChI is InChI=1S/C11H10BrNO3S/c1-5(2)13-4-7(11(15)16)9(14)6-3-8(12)17-10(6)13/h3-5H,1-2H3,(H,15,16). The summed E-state index contributed by atoms with van der Waals surface area (Å²) < 4.78 is 2.64. The van der Waals surface area contributed by atoms with E-state index in [1.807, 2.05) is 18.4 Å². The molecule has 17 heavy (non-hydrogen) atoms. The van der Waals surface area contributed by atoms with Gasteiger partial charge in [0.15, 0.2) is 0 Å². The largest absolute Gasteiger partial charge is 0.477 e. The lowest BCUT2D eigenvalue weighted by Gasteiger charge is -2.12. The molecule has 2 aromatic rings. The van der Waals surface area contributed by atoms with Crippen molar-refractivity contribution in [2.75, 3.05) is 0 Å². The lowest BCUT2D eigenvalue weighted by Crippen LogP contribution is -2.18. The van der Waals surface area contributed by atoms with Crippen LogP contribution in [0, 0.1) is 0 Å². The highest BCUT2D eigenvalue weighted by Gasteiger charge is 2.17. The maximum Gasteiger partial charge on any atom is 0.341 e. The molecular weight excluding hydrogens is 306 g/mol. The minimum Gasteiger partial charge on any atom is -0.477 e. The molecule has 0 aliphatic carbocycles. The van der Waals surface area contributed by atoms with Gasteiger partial charge in [0.2, 0.25) is 5.43 Å². The number of nitrogens with zero attached hydrogens (tertiary/aromatic N) is 1. The molecule has 2 aromatic heterocycles. The van der Waals surface area contributed by atoms with Crippen LogP contribution in [0.5, 0.6) is 0 Å². The number of pyridine rings is 1. The smallest absolute Gasteiger partial charge is 0.341 e. The third-order valence-corrected chi connectivity index (χ3v) is 4.11. The highest BCUT2D eigenvalue weighted by atomic mass is 79.9. The topological polar surface area (TPSA) is 59.3 Å². The lowest BCUT2D eigenvalue weighted by atomic mass is 10.2. The number of halogens is 1. The fourth-order valence-electron chi connectivity index (χ4n) is 1.64. The van der Waals surface area contributed by atoms with Gasteiger partial charge < -0.3 is 9.67 Å². The summed E-state index contributed by atoms with van der Waals surface area (Å²) in [5, 5.41) is 9.47. The molecule has 0 saturated heterocycles. The fourth-order valence-corrected chi connectivity index (χ4v) is 3.32. The second-order valence-electron chi connectivity index (χ2n) is 3.95. The van der Waals surface area contributed by atoms with E-state index in [1.165, 1.54) is 17.5 Å². The Labute approximate surface area is 110 Å². The third kappa shape index (κ3) is 2.02. The Bertz CT molecular complexity index is 657. The first-order chi connectivity index (χ1) is 7.91. The number of rotatable bonds is 2. The summed E-state index contributed by atoms with van der Waals surface area (Å²) in [7, 11) is 0. The molecule has 4 nitrogen and oxygen atoms in total. The monoisotopic (exact) mass is 315 g/mol. The molecule has 0 fully saturated rings. The van der Waals surface area contributed by atoms with Crippen molar-refractivity contribution in [1.29, 1.82) is 0 Å². The van der Waals surface area contributed by atoms with Crippen LogP contribution < -0.4 is 5.43 Å². The molecule has 0 aliphatic rings. The minimum atomic E-state index is -1.19. The van der Waals surface area contributed by atoms with Crippen LogP contribution in [-0.4, -0.2) is 15.6 Å². The van der Waals surface area contributed by atoms with Gasteiger partial charge in [0.25, 0.3) is 0 Å². The van der Waals surface area contributed by atoms with Crippen molar-refractivity contribution < 1.29 is 9.90 Å². The molecule has 0 unspecified atom stereocenters. The summed E-state index contributed by atoms with van der Waals surface area (Å²) in [5.74, 6) is -1.19. The summed E-state index contributed by atoms with van der Waals surface area (Å²) in [6.45, 7) is 3.90. The molecule has 90 valence electrons. The third-order valence-electron chi connectivity index (χ3n) is 2.46. The quantitative estimate of drug-likeness (QED) is 0.926. The normalized spacial score (nSPS) is 11.3. The summed E-state index contributed by atoms with van der Waals surface area (Å²) in [4.78, 5) is 23.8. The van der Waals surface area contributed by atoms with Crippen LogP contribution in [0.25, 0.3) is 10.2 Å². The molecule has 0 aromatic carbocycles. The first kappa shape index (κ1) is 12.3. The van der Waals surface area contributed by atoms with Gasteiger partial charge in [0.1, 0.15) is 10.4 Å². The molecule has 6 heteroatoms. The van der Waals surface area contributed by atoms with Crippen molar-refractivity contribution in [3.63, 3.8) is 0 Å². The summed E-state index contributed by atoms with van der Waals surface area (Å²) in [6.07, 6.45) is 1.42. The molecule has 0 spiro atoms. The van der Waals surface area contributed by atoms with Gasteiger partial charge in [-0.1, -0.05) is 0 Å². The van der Waals surface area contributed by atoms with Gasteiger partial charge >= 0.3 is 5.97 Å².